The van der Waals surface area contributed by atoms with Crippen LogP contribution in [-0.4, -0.2) is 34.7 Å². The summed E-state index contributed by atoms with van der Waals surface area (Å²) < 4.78 is 32.7. The lowest BCUT2D eigenvalue weighted by Crippen LogP contribution is -2.26. The Morgan fingerprint density at radius 2 is 2.00 bits per heavy atom. The largest absolute Gasteiger partial charge is 0.493 e. The third-order valence-corrected chi connectivity index (χ3v) is 5.26. The van der Waals surface area contributed by atoms with E-state index >= 15 is 0 Å². The molecule has 4 rings (SSSR count). The van der Waals surface area contributed by atoms with Crippen molar-refractivity contribution in [2.75, 3.05) is 13.7 Å². The number of ether oxygens (including phenoxy) is 1. The number of halogens is 2. The summed E-state index contributed by atoms with van der Waals surface area (Å²) in [6.45, 7) is 1.94. The van der Waals surface area contributed by atoms with Gasteiger partial charge in [0.05, 0.1) is 18.3 Å². The van der Waals surface area contributed by atoms with E-state index in [0.29, 0.717) is 34.6 Å². The van der Waals surface area contributed by atoms with Crippen LogP contribution in [0.1, 0.15) is 28.4 Å². The van der Waals surface area contributed by atoms with E-state index in [1.807, 2.05) is 6.92 Å². The van der Waals surface area contributed by atoms with E-state index in [-0.39, 0.29) is 18.3 Å². The molecule has 32 heavy (non-hydrogen) atoms. The zero-order valence-corrected chi connectivity index (χ0v) is 17.9. The Morgan fingerprint density at radius 3 is 2.75 bits per heavy atom. The number of carbonyl (C=O) groups excluding carboxylic acids is 1. The predicted octanol–water partition coefficient (Wildman–Crippen LogP) is 5.51. The summed E-state index contributed by atoms with van der Waals surface area (Å²) in [6, 6.07) is 14.9. The second-order valence-corrected chi connectivity index (χ2v) is 7.54. The molecular weight excluding hydrogens is 412 g/mol. The minimum Gasteiger partial charge on any atom is -0.493 e. The quantitative estimate of drug-likeness (QED) is 0.416. The van der Waals surface area contributed by atoms with Crippen molar-refractivity contribution in [2.45, 2.75) is 20.1 Å². The molecule has 0 saturated heterocycles. The lowest BCUT2D eigenvalue weighted by Gasteiger charge is -2.19. The van der Waals surface area contributed by atoms with E-state index in [1.54, 1.807) is 60.6 Å². The van der Waals surface area contributed by atoms with Gasteiger partial charge in [-0.15, -0.1) is 0 Å². The first kappa shape index (κ1) is 21.5. The second kappa shape index (κ2) is 9.18. The Balaban J connectivity index is 1.63. The number of rotatable bonds is 7. The Bertz CT molecular complexity index is 1270. The molecule has 0 unspecified atom stereocenters. The van der Waals surface area contributed by atoms with Gasteiger partial charge in [0.2, 0.25) is 0 Å². The van der Waals surface area contributed by atoms with E-state index in [0.717, 1.165) is 16.5 Å². The van der Waals surface area contributed by atoms with Crippen molar-refractivity contribution in [2.24, 2.45) is 0 Å². The summed E-state index contributed by atoms with van der Waals surface area (Å²) in [5.41, 5.74) is 3.92. The van der Waals surface area contributed by atoms with Crippen LogP contribution < -0.4 is 4.74 Å². The highest BCUT2D eigenvalue weighted by atomic mass is 19.1. The minimum atomic E-state index is -0.592. The van der Waals surface area contributed by atoms with E-state index in [9.17, 15) is 13.6 Å². The van der Waals surface area contributed by atoms with Gasteiger partial charge in [-0.2, -0.15) is 5.10 Å². The fourth-order valence-corrected chi connectivity index (χ4v) is 3.77. The molecular formula is C25H23F2N3O2. The summed E-state index contributed by atoms with van der Waals surface area (Å²) in [6.07, 6.45) is 1.64. The standard InChI is InChI=1S/C25H23F2N3O2/c1-3-32-23-12-18(7-8-22(23)17-5-4-6-21(27)11-17)25(31)30(2)15-20-10-16(13-26)9-19-14-28-29-24(19)20/h4-12,14H,3,13,15H2,1-2H3,(H,28,29). The fraction of sp³-hybridized carbons (Fsp3) is 0.200. The fourth-order valence-electron chi connectivity index (χ4n) is 3.77. The molecule has 0 aliphatic heterocycles. The molecule has 4 aromatic rings. The second-order valence-electron chi connectivity index (χ2n) is 7.54. The number of aromatic amines is 1. The van der Waals surface area contributed by atoms with Crippen molar-refractivity contribution in [3.63, 3.8) is 0 Å². The lowest BCUT2D eigenvalue weighted by atomic mass is 10.0. The number of aromatic nitrogens is 2. The minimum absolute atomic E-state index is 0.213. The van der Waals surface area contributed by atoms with E-state index in [2.05, 4.69) is 10.2 Å². The van der Waals surface area contributed by atoms with Crippen LogP contribution in [0.5, 0.6) is 5.75 Å². The Hall–Kier alpha value is -3.74. The summed E-state index contributed by atoms with van der Waals surface area (Å²) in [4.78, 5) is 14.7. The monoisotopic (exact) mass is 435 g/mol. The van der Waals surface area contributed by atoms with E-state index < -0.39 is 6.67 Å². The van der Waals surface area contributed by atoms with Crippen LogP contribution in [0.3, 0.4) is 0 Å². The summed E-state index contributed by atoms with van der Waals surface area (Å²) in [5.74, 6) is -0.0479. The maximum absolute atomic E-state index is 13.7. The zero-order chi connectivity index (χ0) is 22.7. The molecule has 0 spiro atoms. The molecule has 1 aromatic heterocycles. The number of alkyl halides is 1. The molecule has 164 valence electrons. The normalized spacial score (nSPS) is 11.0. The van der Waals surface area contributed by atoms with Crippen molar-refractivity contribution in [1.82, 2.24) is 15.1 Å². The van der Waals surface area contributed by atoms with Crippen molar-refractivity contribution in [3.8, 4) is 16.9 Å². The van der Waals surface area contributed by atoms with Crippen LogP contribution >= 0.6 is 0 Å². The van der Waals surface area contributed by atoms with Crippen molar-refractivity contribution < 1.29 is 18.3 Å². The highest BCUT2D eigenvalue weighted by Crippen LogP contribution is 2.32. The average molecular weight is 435 g/mol. The van der Waals surface area contributed by atoms with Gasteiger partial charge in [-0.05, 0) is 66.1 Å². The molecule has 7 heteroatoms. The third-order valence-electron chi connectivity index (χ3n) is 5.26. The van der Waals surface area contributed by atoms with Gasteiger partial charge in [0.1, 0.15) is 18.2 Å². The SMILES string of the molecule is CCOc1cc(C(=O)N(C)Cc2cc(CF)cc3cn[nH]c23)ccc1-c1cccc(F)c1. The van der Waals surface area contributed by atoms with Gasteiger partial charge in [0.25, 0.3) is 5.91 Å². The van der Waals surface area contributed by atoms with Crippen LogP contribution in [-0.2, 0) is 13.2 Å². The first-order valence-corrected chi connectivity index (χ1v) is 10.3. The zero-order valence-electron chi connectivity index (χ0n) is 17.9. The van der Waals surface area contributed by atoms with Gasteiger partial charge in [-0.3, -0.25) is 9.89 Å². The first-order chi connectivity index (χ1) is 15.5. The van der Waals surface area contributed by atoms with E-state index in [1.165, 1.54) is 12.1 Å². The molecule has 3 aromatic carbocycles. The van der Waals surface area contributed by atoms with Gasteiger partial charge < -0.3 is 9.64 Å². The van der Waals surface area contributed by atoms with Crippen LogP contribution in [0.4, 0.5) is 8.78 Å². The Labute approximate surface area is 184 Å². The highest BCUT2D eigenvalue weighted by Gasteiger charge is 2.18. The van der Waals surface area contributed by atoms with Gasteiger partial charge in [0.15, 0.2) is 0 Å². The average Bonchev–Trinajstić information content (AvgIpc) is 3.27. The number of hydrogen-bond acceptors (Lipinski definition) is 3. The number of nitrogens with one attached hydrogen (secondary N) is 1. The molecule has 0 bridgehead atoms. The van der Waals surface area contributed by atoms with Crippen LogP contribution in [0.25, 0.3) is 22.0 Å². The third kappa shape index (κ3) is 4.32. The lowest BCUT2D eigenvalue weighted by molar-refractivity contribution is 0.0785. The van der Waals surface area contributed by atoms with Crippen molar-refractivity contribution >= 4 is 16.8 Å². The molecule has 0 radical (unpaired) electrons. The number of hydrogen-bond donors (Lipinski definition) is 1. The molecule has 0 atom stereocenters. The smallest absolute Gasteiger partial charge is 0.254 e. The van der Waals surface area contributed by atoms with E-state index in [4.69, 9.17) is 4.74 Å². The first-order valence-electron chi connectivity index (χ1n) is 10.3. The Kier molecular flexibility index (Phi) is 6.16. The molecule has 1 amide bonds. The van der Waals surface area contributed by atoms with Gasteiger partial charge in [-0.25, -0.2) is 8.78 Å². The highest BCUT2D eigenvalue weighted by molar-refractivity contribution is 5.96. The molecule has 0 fully saturated rings. The number of carbonyl (C=O) groups is 1. The number of H-pyrrole nitrogens is 1. The van der Waals surface area contributed by atoms with Crippen molar-refractivity contribution in [1.29, 1.82) is 0 Å². The maximum atomic E-state index is 13.7. The van der Waals surface area contributed by atoms with Crippen LogP contribution in [0.2, 0.25) is 0 Å². The molecule has 0 saturated carbocycles. The Morgan fingerprint density at radius 1 is 1.16 bits per heavy atom. The predicted molar refractivity (Wildman–Crippen MR) is 120 cm³/mol. The number of benzene rings is 3. The molecule has 1 heterocycles. The molecule has 5 nitrogen and oxygen atoms in total. The van der Waals surface area contributed by atoms with Crippen molar-refractivity contribution in [3.05, 3.63) is 83.3 Å². The summed E-state index contributed by atoms with van der Waals surface area (Å²) >= 11 is 0. The van der Waals surface area contributed by atoms with Gasteiger partial charge in [-0.1, -0.05) is 12.1 Å². The molecule has 0 aliphatic carbocycles. The number of fused-ring (bicyclic) bond motifs is 1. The number of amides is 1. The maximum Gasteiger partial charge on any atom is 0.254 e. The van der Waals surface area contributed by atoms with Crippen LogP contribution in [0.15, 0.2) is 60.8 Å². The summed E-state index contributed by atoms with van der Waals surface area (Å²) in [5, 5.41) is 7.75. The summed E-state index contributed by atoms with van der Waals surface area (Å²) in [7, 11) is 1.69. The van der Waals surface area contributed by atoms with Crippen LogP contribution in [0, 0.1) is 5.82 Å². The molecule has 0 aliphatic rings. The van der Waals surface area contributed by atoms with Gasteiger partial charge >= 0.3 is 0 Å². The number of nitrogens with zero attached hydrogens (tertiary/aromatic N) is 2. The molecule has 1 N–H and O–H groups in total. The topological polar surface area (TPSA) is 58.2 Å². The van der Waals surface area contributed by atoms with Gasteiger partial charge in [0, 0.05) is 30.1 Å².